The van der Waals surface area contributed by atoms with Crippen molar-refractivity contribution in [2.75, 3.05) is 7.11 Å². The van der Waals surface area contributed by atoms with Gasteiger partial charge in [-0.2, -0.15) is 0 Å². The molecule has 1 N–H and O–H groups in total. The molecule has 0 aliphatic carbocycles. The highest BCUT2D eigenvalue weighted by Crippen LogP contribution is 2.23. The first-order valence-electron chi connectivity index (χ1n) is 7.22. The Morgan fingerprint density at radius 3 is 2.32 bits per heavy atom. The predicted octanol–water partition coefficient (Wildman–Crippen LogP) is 2.71. The third-order valence-electron chi connectivity index (χ3n) is 3.41. The van der Waals surface area contributed by atoms with E-state index in [0.717, 1.165) is 4.47 Å². The average Bonchev–Trinajstić information content (AvgIpc) is 2.54. The summed E-state index contributed by atoms with van der Waals surface area (Å²) >= 11 is 3.30. The number of methoxy groups -OCH3 is 1. The van der Waals surface area contributed by atoms with Gasteiger partial charge in [-0.05, 0) is 37.3 Å². The van der Waals surface area contributed by atoms with Crippen molar-refractivity contribution in [2.24, 2.45) is 0 Å². The number of carbonyl (C=O) groups excluding carboxylic acids is 2. The van der Waals surface area contributed by atoms with E-state index in [4.69, 9.17) is 4.74 Å². The molecule has 6 nitrogen and oxygen atoms in total. The van der Waals surface area contributed by atoms with Crippen molar-refractivity contribution in [1.82, 2.24) is 4.72 Å². The molecule has 0 fully saturated rings. The van der Waals surface area contributed by atoms with Gasteiger partial charge in [0.25, 0.3) is 10.0 Å². The highest BCUT2D eigenvalue weighted by Gasteiger charge is 2.19. The quantitative estimate of drug-likeness (QED) is 0.718. The smallest absolute Gasteiger partial charge is 0.264 e. The van der Waals surface area contributed by atoms with Crippen LogP contribution in [0.15, 0.2) is 51.8 Å². The molecule has 132 valence electrons. The standard InChI is InChI=1S/C17H16BrNO5S/c1-11(20)12-3-6-15(7-4-12)25(22,23)19-17(21)10-13-9-14(18)5-8-16(13)24-2/h3-9H,10H2,1-2H3,(H,19,21). The maximum absolute atomic E-state index is 12.3. The predicted molar refractivity (Wildman–Crippen MR) is 96.2 cm³/mol. The van der Waals surface area contributed by atoms with Crippen LogP contribution in [0.4, 0.5) is 0 Å². The number of benzene rings is 2. The summed E-state index contributed by atoms with van der Waals surface area (Å²) in [4.78, 5) is 23.3. The minimum Gasteiger partial charge on any atom is -0.496 e. The van der Waals surface area contributed by atoms with Crippen molar-refractivity contribution >= 4 is 37.6 Å². The number of nitrogens with one attached hydrogen (secondary N) is 1. The summed E-state index contributed by atoms with van der Waals surface area (Å²) < 4.78 is 32.5. The molecule has 0 aliphatic rings. The molecule has 0 heterocycles. The first-order chi connectivity index (χ1) is 11.7. The Balaban J connectivity index is 2.16. The minimum absolute atomic E-state index is 0.0907. The van der Waals surface area contributed by atoms with E-state index in [1.807, 2.05) is 4.72 Å². The van der Waals surface area contributed by atoms with Crippen LogP contribution in [0.1, 0.15) is 22.8 Å². The molecule has 0 unspecified atom stereocenters. The van der Waals surface area contributed by atoms with Crippen LogP contribution in [0.5, 0.6) is 5.75 Å². The number of rotatable bonds is 6. The summed E-state index contributed by atoms with van der Waals surface area (Å²) in [5, 5.41) is 0. The SMILES string of the molecule is COc1ccc(Br)cc1CC(=O)NS(=O)(=O)c1ccc(C(C)=O)cc1. The van der Waals surface area contributed by atoms with Gasteiger partial charge in [-0.1, -0.05) is 28.1 Å². The number of amides is 1. The van der Waals surface area contributed by atoms with Crippen LogP contribution in [0.3, 0.4) is 0 Å². The van der Waals surface area contributed by atoms with Crippen molar-refractivity contribution in [3.8, 4) is 5.75 Å². The summed E-state index contributed by atoms with van der Waals surface area (Å²) in [6.07, 6.45) is -0.159. The van der Waals surface area contributed by atoms with Gasteiger partial charge < -0.3 is 4.74 Å². The molecule has 1 amide bonds. The molecule has 0 spiro atoms. The van der Waals surface area contributed by atoms with Gasteiger partial charge in [0.2, 0.25) is 5.91 Å². The second kappa shape index (κ2) is 7.79. The fourth-order valence-electron chi connectivity index (χ4n) is 2.17. The lowest BCUT2D eigenvalue weighted by atomic mass is 10.1. The zero-order valence-corrected chi connectivity index (χ0v) is 16.0. The summed E-state index contributed by atoms with van der Waals surface area (Å²) in [6.45, 7) is 1.39. The van der Waals surface area contributed by atoms with Crippen LogP contribution in [0.25, 0.3) is 0 Å². The Morgan fingerprint density at radius 2 is 1.76 bits per heavy atom. The topological polar surface area (TPSA) is 89.5 Å². The Labute approximate surface area is 154 Å². The van der Waals surface area contributed by atoms with Crippen LogP contribution in [-0.2, 0) is 21.2 Å². The average molecular weight is 426 g/mol. The number of carbonyl (C=O) groups is 2. The zero-order chi connectivity index (χ0) is 18.6. The highest BCUT2D eigenvalue weighted by molar-refractivity contribution is 9.10. The number of hydrogen-bond acceptors (Lipinski definition) is 5. The Kier molecular flexibility index (Phi) is 5.97. The van der Waals surface area contributed by atoms with Gasteiger partial charge in [-0.15, -0.1) is 0 Å². The number of halogens is 1. The van der Waals surface area contributed by atoms with Gasteiger partial charge in [0.05, 0.1) is 18.4 Å². The van der Waals surface area contributed by atoms with Gasteiger partial charge in [0, 0.05) is 15.6 Å². The normalized spacial score (nSPS) is 11.0. The summed E-state index contributed by atoms with van der Waals surface area (Å²) in [7, 11) is -2.54. The molecular formula is C17H16BrNO5S. The molecule has 0 saturated heterocycles. The van der Waals surface area contributed by atoms with Gasteiger partial charge in [0.15, 0.2) is 5.78 Å². The van der Waals surface area contributed by atoms with E-state index in [9.17, 15) is 18.0 Å². The number of Topliss-reactive ketones (excluding diaryl/α,β-unsaturated/α-hetero) is 1. The first-order valence-corrected chi connectivity index (χ1v) is 9.49. The van der Waals surface area contributed by atoms with Crippen molar-refractivity contribution in [3.05, 3.63) is 58.1 Å². The van der Waals surface area contributed by atoms with Gasteiger partial charge in [-0.3, -0.25) is 9.59 Å². The van der Waals surface area contributed by atoms with E-state index >= 15 is 0 Å². The van der Waals surface area contributed by atoms with Crippen molar-refractivity contribution in [3.63, 3.8) is 0 Å². The van der Waals surface area contributed by atoms with Gasteiger partial charge >= 0.3 is 0 Å². The summed E-state index contributed by atoms with van der Waals surface area (Å²) in [5.41, 5.74) is 0.945. The van der Waals surface area contributed by atoms with E-state index in [2.05, 4.69) is 15.9 Å². The van der Waals surface area contributed by atoms with Crippen molar-refractivity contribution in [2.45, 2.75) is 18.2 Å². The number of ketones is 1. The van der Waals surface area contributed by atoms with Crippen LogP contribution in [0, 0.1) is 0 Å². The Morgan fingerprint density at radius 1 is 1.12 bits per heavy atom. The molecule has 2 aromatic rings. The molecule has 0 atom stereocenters. The third-order valence-corrected chi connectivity index (χ3v) is 5.30. The molecule has 0 aliphatic heterocycles. The molecule has 2 aromatic carbocycles. The first kappa shape index (κ1) is 19.1. The number of ether oxygens (including phenoxy) is 1. The molecule has 8 heteroatoms. The second-order valence-electron chi connectivity index (χ2n) is 5.24. The van der Waals surface area contributed by atoms with Crippen molar-refractivity contribution < 1.29 is 22.7 Å². The zero-order valence-electron chi connectivity index (χ0n) is 13.6. The molecule has 0 bridgehead atoms. The second-order valence-corrected chi connectivity index (χ2v) is 7.84. The third kappa shape index (κ3) is 4.90. The number of sulfonamides is 1. The Bertz CT molecular complexity index is 907. The van der Waals surface area contributed by atoms with Crippen LogP contribution in [0.2, 0.25) is 0 Å². The lowest BCUT2D eigenvalue weighted by molar-refractivity contribution is -0.118. The summed E-state index contributed by atoms with van der Waals surface area (Å²) in [6, 6.07) is 10.5. The van der Waals surface area contributed by atoms with Crippen LogP contribution >= 0.6 is 15.9 Å². The molecule has 0 aromatic heterocycles. The largest absolute Gasteiger partial charge is 0.496 e. The maximum atomic E-state index is 12.3. The van der Waals surface area contributed by atoms with E-state index in [-0.39, 0.29) is 17.1 Å². The fourth-order valence-corrected chi connectivity index (χ4v) is 3.56. The van der Waals surface area contributed by atoms with Gasteiger partial charge in [0.1, 0.15) is 5.75 Å². The molecule has 0 radical (unpaired) electrons. The highest BCUT2D eigenvalue weighted by atomic mass is 79.9. The molecule has 2 rings (SSSR count). The van der Waals surface area contributed by atoms with Crippen LogP contribution < -0.4 is 9.46 Å². The minimum atomic E-state index is -4.02. The molecule has 25 heavy (non-hydrogen) atoms. The molecule has 0 saturated carbocycles. The van der Waals surface area contributed by atoms with Crippen molar-refractivity contribution in [1.29, 1.82) is 0 Å². The monoisotopic (exact) mass is 425 g/mol. The lowest BCUT2D eigenvalue weighted by Crippen LogP contribution is -2.31. The van der Waals surface area contributed by atoms with Crippen LogP contribution in [-0.4, -0.2) is 27.2 Å². The van der Waals surface area contributed by atoms with Gasteiger partial charge in [-0.25, -0.2) is 13.1 Å². The van der Waals surface area contributed by atoms with E-state index in [1.54, 1.807) is 18.2 Å². The van der Waals surface area contributed by atoms with E-state index < -0.39 is 15.9 Å². The van der Waals surface area contributed by atoms with E-state index in [0.29, 0.717) is 16.9 Å². The Hall–Kier alpha value is -2.19. The van der Waals surface area contributed by atoms with E-state index in [1.165, 1.54) is 38.3 Å². The fraction of sp³-hybridized carbons (Fsp3) is 0.176. The lowest BCUT2D eigenvalue weighted by Gasteiger charge is -2.10. The summed E-state index contributed by atoms with van der Waals surface area (Å²) in [5.74, 6) is -0.372. The number of hydrogen-bond donors (Lipinski definition) is 1. The maximum Gasteiger partial charge on any atom is 0.264 e. The molecular weight excluding hydrogens is 410 g/mol.